The molecule has 0 aliphatic rings. The Kier molecular flexibility index (Phi) is 11.7. The van der Waals surface area contributed by atoms with Crippen LogP contribution in [0.3, 0.4) is 0 Å². The quantitative estimate of drug-likeness (QED) is 0.0918. The van der Waals surface area contributed by atoms with Crippen molar-refractivity contribution < 1.29 is 23.9 Å². The van der Waals surface area contributed by atoms with Gasteiger partial charge in [-0.1, -0.05) is 54.1 Å². The van der Waals surface area contributed by atoms with Crippen LogP contribution in [0.4, 0.5) is 10.8 Å². The van der Waals surface area contributed by atoms with E-state index in [4.69, 9.17) is 16.3 Å². The Morgan fingerprint density at radius 1 is 1.00 bits per heavy atom. The minimum Gasteiger partial charge on any atom is -0.466 e. The molecule has 0 spiro atoms. The minimum atomic E-state index is -0.551. The van der Waals surface area contributed by atoms with Crippen LogP contribution in [0.2, 0.25) is 5.02 Å². The second-order valence-corrected chi connectivity index (χ2v) is 11.9. The van der Waals surface area contributed by atoms with Crippen molar-refractivity contribution in [3.63, 3.8) is 0 Å². The van der Waals surface area contributed by atoms with Crippen molar-refractivity contribution >= 4 is 75.3 Å². The summed E-state index contributed by atoms with van der Waals surface area (Å²) in [5, 5.41) is 10.3. The fourth-order valence-corrected chi connectivity index (χ4v) is 5.64. The number of amides is 3. The van der Waals surface area contributed by atoms with E-state index in [1.165, 1.54) is 29.2 Å². The van der Waals surface area contributed by atoms with Gasteiger partial charge in [0.2, 0.25) is 5.91 Å². The molecule has 4 aromatic rings. The topological polar surface area (TPSA) is 126 Å². The Bertz CT molecular complexity index is 1680. The van der Waals surface area contributed by atoms with Gasteiger partial charge in [0.15, 0.2) is 5.13 Å². The highest BCUT2D eigenvalue weighted by Crippen LogP contribution is 2.28. The first kappa shape index (κ1) is 32.5. The number of thiazole rings is 1. The normalized spacial score (nSPS) is 11.8. The molecule has 0 fully saturated rings. The van der Waals surface area contributed by atoms with Gasteiger partial charge in [-0.05, 0) is 61.9 Å². The zero-order valence-electron chi connectivity index (χ0n) is 23.8. The Morgan fingerprint density at radius 2 is 1.75 bits per heavy atom. The van der Waals surface area contributed by atoms with Gasteiger partial charge in [-0.2, -0.15) is 0 Å². The molecule has 12 heteroatoms. The van der Waals surface area contributed by atoms with E-state index in [-0.39, 0.29) is 30.6 Å². The first-order valence-electron chi connectivity index (χ1n) is 13.5. The number of aromatic nitrogens is 1. The first-order valence-corrected chi connectivity index (χ1v) is 15.7. The SMILES string of the molecule is CCOC(=O)Cc1csc(NC(=O)C(C)Sc2cccc(NC(=O)/C(=C\c3ccccc3Cl)NC(=O)c3ccccc3)c2)n1. The van der Waals surface area contributed by atoms with Crippen LogP contribution in [0.25, 0.3) is 6.08 Å². The lowest BCUT2D eigenvalue weighted by atomic mass is 10.1. The first-order chi connectivity index (χ1) is 21.2. The number of ether oxygens (including phenoxy) is 1. The second kappa shape index (κ2) is 15.9. The summed E-state index contributed by atoms with van der Waals surface area (Å²) in [6.07, 6.45) is 1.55. The summed E-state index contributed by atoms with van der Waals surface area (Å²) in [5.41, 5.74) is 1.95. The van der Waals surface area contributed by atoms with E-state index in [0.29, 0.717) is 32.7 Å². The van der Waals surface area contributed by atoms with Gasteiger partial charge in [-0.3, -0.25) is 19.2 Å². The molecule has 1 heterocycles. The van der Waals surface area contributed by atoms with Gasteiger partial charge >= 0.3 is 5.97 Å². The molecule has 3 aromatic carbocycles. The lowest BCUT2D eigenvalue weighted by Crippen LogP contribution is -2.30. The molecule has 1 unspecified atom stereocenters. The van der Waals surface area contributed by atoms with E-state index in [9.17, 15) is 19.2 Å². The van der Waals surface area contributed by atoms with E-state index < -0.39 is 17.1 Å². The van der Waals surface area contributed by atoms with Crippen molar-refractivity contribution in [1.82, 2.24) is 10.3 Å². The van der Waals surface area contributed by atoms with Gasteiger partial charge in [-0.15, -0.1) is 23.1 Å². The minimum absolute atomic E-state index is 0.00327. The smallest absolute Gasteiger partial charge is 0.311 e. The molecule has 9 nitrogen and oxygen atoms in total. The van der Waals surface area contributed by atoms with Crippen LogP contribution in [0, 0.1) is 0 Å². The van der Waals surface area contributed by atoms with Crippen molar-refractivity contribution in [2.45, 2.75) is 30.4 Å². The summed E-state index contributed by atoms with van der Waals surface area (Å²) in [7, 11) is 0. The number of hydrogen-bond donors (Lipinski definition) is 3. The maximum absolute atomic E-state index is 13.4. The molecule has 1 aromatic heterocycles. The summed E-state index contributed by atoms with van der Waals surface area (Å²) in [6.45, 7) is 3.77. The van der Waals surface area contributed by atoms with E-state index in [1.54, 1.807) is 92.0 Å². The number of nitrogens with one attached hydrogen (secondary N) is 3. The molecule has 0 bridgehead atoms. The lowest BCUT2D eigenvalue weighted by molar-refractivity contribution is -0.142. The van der Waals surface area contributed by atoms with E-state index in [1.807, 2.05) is 6.07 Å². The number of thioether (sulfide) groups is 1. The maximum atomic E-state index is 13.4. The standard InChI is InChI=1S/C32H29ClN4O5S2/c1-3-42-28(38)18-24-19-43-32(35-24)37-29(39)20(2)44-25-14-9-13-23(17-25)34-31(41)27(16-22-12-7-8-15-26(22)33)36-30(40)21-10-5-4-6-11-21/h4-17,19-20H,3,18H2,1-2H3,(H,34,41)(H,36,40)(H,35,37,39)/b27-16+. The fraction of sp³-hybridized carbons (Fsp3) is 0.156. The number of halogens is 1. The molecule has 0 aliphatic heterocycles. The van der Waals surface area contributed by atoms with Crippen molar-refractivity contribution in [3.8, 4) is 0 Å². The largest absolute Gasteiger partial charge is 0.466 e. The van der Waals surface area contributed by atoms with Crippen LogP contribution >= 0.6 is 34.7 Å². The summed E-state index contributed by atoms with van der Waals surface area (Å²) in [5.74, 6) is -1.65. The van der Waals surface area contributed by atoms with E-state index in [0.717, 1.165) is 4.90 Å². The van der Waals surface area contributed by atoms with Crippen molar-refractivity contribution in [2.75, 3.05) is 17.2 Å². The monoisotopic (exact) mass is 648 g/mol. The predicted octanol–water partition coefficient (Wildman–Crippen LogP) is 6.43. The predicted molar refractivity (Wildman–Crippen MR) is 175 cm³/mol. The zero-order valence-corrected chi connectivity index (χ0v) is 26.2. The van der Waals surface area contributed by atoms with Gasteiger partial charge in [0.25, 0.3) is 11.8 Å². The van der Waals surface area contributed by atoms with Crippen LogP contribution < -0.4 is 16.0 Å². The fourth-order valence-electron chi connectivity index (χ4n) is 3.81. The number of benzene rings is 3. The number of nitrogens with zero attached hydrogens (tertiary/aromatic N) is 1. The Morgan fingerprint density at radius 3 is 2.50 bits per heavy atom. The molecule has 0 saturated carbocycles. The average molecular weight is 649 g/mol. The highest BCUT2D eigenvalue weighted by molar-refractivity contribution is 8.00. The summed E-state index contributed by atoms with van der Waals surface area (Å²) in [6, 6.07) is 22.6. The molecule has 0 saturated heterocycles. The third-order valence-corrected chi connectivity index (χ3v) is 8.16. The molecular weight excluding hydrogens is 620 g/mol. The Labute approximate surface area is 268 Å². The van der Waals surface area contributed by atoms with Crippen LogP contribution in [-0.4, -0.2) is 40.5 Å². The molecule has 0 radical (unpaired) electrons. The highest BCUT2D eigenvalue weighted by Gasteiger charge is 2.19. The van der Waals surface area contributed by atoms with Gasteiger partial charge < -0.3 is 20.7 Å². The average Bonchev–Trinajstić information content (AvgIpc) is 3.44. The molecule has 3 amide bonds. The second-order valence-electron chi connectivity index (χ2n) is 9.26. The molecular formula is C32H29ClN4O5S2. The number of rotatable bonds is 12. The third kappa shape index (κ3) is 9.53. The van der Waals surface area contributed by atoms with E-state index in [2.05, 4.69) is 20.9 Å². The van der Waals surface area contributed by atoms with Crippen LogP contribution in [0.5, 0.6) is 0 Å². The van der Waals surface area contributed by atoms with Gasteiger partial charge in [0, 0.05) is 26.5 Å². The van der Waals surface area contributed by atoms with Crippen molar-refractivity contribution in [1.29, 1.82) is 0 Å². The molecule has 3 N–H and O–H groups in total. The van der Waals surface area contributed by atoms with E-state index >= 15 is 0 Å². The molecule has 0 aliphatic carbocycles. The zero-order chi connectivity index (χ0) is 31.5. The maximum Gasteiger partial charge on any atom is 0.311 e. The van der Waals surface area contributed by atoms with Gasteiger partial charge in [0.1, 0.15) is 5.70 Å². The molecule has 44 heavy (non-hydrogen) atoms. The number of esters is 1. The Balaban J connectivity index is 1.42. The number of hydrogen-bond acceptors (Lipinski definition) is 8. The molecule has 4 rings (SSSR count). The molecule has 1 atom stereocenters. The van der Waals surface area contributed by atoms with Crippen LogP contribution in [-0.2, 0) is 25.5 Å². The highest BCUT2D eigenvalue weighted by atomic mass is 35.5. The number of carbonyl (C=O) groups is 4. The Hall–Kier alpha value is -4.45. The van der Waals surface area contributed by atoms with Gasteiger partial charge in [0.05, 0.1) is 24.0 Å². The van der Waals surface area contributed by atoms with Crippen LogP contribution in [0.15, 0.2) is 94.8 Å². The third-order valence-electron chi connectivity index (χ3n) is 5.92. The summed E-state index contributed by atoms with van der Waals surface area (Å²) < 4.78 is 4.94. The summed E-state index contributed by atoms with van der Waals surface area (Å²) in [4.78, 5) is 55.8. The summed E-state index contributed by atoms with van der Waals surface area (Å²) >= 11 is 8.84. The van der Waals surface area contributed by atoms with Crippen molar-refractivity contribution in [2.24, 2.45) is 0 Å². The molecule has 226 valence electrons. The van der Waals surface area contributed by atoms with Crippen LogP contribution in [0.1, 0.15) is 35.5 Å². The van der Waals surface area contributed by atoms with Crippen molar-refractivity contribution in [3.05, 3.63) is 112 Å². The van der Waals surface area contributed by atoms with Gasteiger partial charge in [-0.25, -0.2) is 4.98 Å². The lowest BCUT2D eigenvalue weighted by Gasteiger charge is -2.14. The number of carbonyl (C=O) groups excluding carboxylic acids is 4. The number of anilines is 2.